The fourth-order valence-electron chi connectivity index (χ4n) is 2.04. The van der Waals surface area contributed by atoms with Crippen molar-refractivity contribution in [3.05, 3.63) is 42.0 Å². The number of benzene rings is 2. The smallest absolute Gasteiger partial charge is 0.208 e. The standard InChI is InChI=1S/C14H17NO3S/c1-19(17,18)15-10-4-6-12-9-8-11-5-2-3-7-13(11)14(12)16/h2-3,5,7-9,15-16H,4,6,10H2,1H3. The van der Waals surface area contributed by atoms with Crippen LogP contribution < -0.4 is 4.72 Å². The van der Waals surface area contributed by atoms with Gasteiger partial charge in [-0.3, -0.25) is 0 Å². The van der Waals surface area contributed by atoms with Gasteiger partial charge in [0.1, 0.15) is 5.75 Å². The summed E-state index contributed by atoms with van der Waals surface area (Å²) in [6, 6.07) is 11.5. The van der Waals surface area contributed by atoms with Gasteiger partial charge in [-0.25, -0.2) is 13.1 Å². The molecule has 0 fully saturated rings. The lowest BCUT2D eigenvalue weighted by molar-refractivity contribution is 0.473. The second-order valence-electron chi connectivity index (χ2n) is 4.56. The summed E-state index contributed by atoms with van der Waals surface area (Å²) in [7, 11) is -3.14. The molecule has 0 heterocycles. The van der Waals surface area contributed by atoms with Crippen molar-refractivity contribution in [2.45, 2.75) is 12.8 Å². The van der Waals surface area contributed by atoms with Crippen molar-refractivity contribution in [1.29, 1.82) is 0 Å². The highest BCUT2D eigenvalue weighted by Gasteiger charge is 2.06. The Bertz CT molecular complexity index is 680. The second-order valence-corrected chi connectivity index (χ2v) is 6.40. The highest BCUT2D eigenvalue weighted by molar-refractivity contribution is 7.88. The van der Waals surface area contributed by atoms with Crippen molar-refractivity contribution in [2.24, 2.45) is 0 Å². The molecule has 0 aliphatic heterocycles. The third-order valence-electron chi connectivity index (χ3n) is 2.97. The quantitative estimate of drug-likeness (QED) is 0.823. The van der Waals surface area contributed by atoms with E-state index in [2.05, 4.69) is 4.72 Å². The molecule has 0 atom stereocenters. The zero-order chi connectivity index (χ0) is 13.9. The third kappa shape index (κ3) is 3.68. The van der Waals surface area contributed by atoms with Crippen LogP contribution in [0.1, 0.15) is 12.0 Å². The maximum Gasteiger partial charge on any atom is 0.208 e. The van der Waals surface area contributed by atoms with Gasteiger partial charge in [-0.1, -0.05) is 36.4 Å². The van der Waals surface area contributed by atoms with Crippen molar-refractivity contribution in [2.75, 3.05) is 12.8 Å². The molecular weight excluding hydrogens is 262 g/mol. The van der Waals surface area contributed by atoms with Crippen LogP contribution in [0.5, 0.6) is 5.75 Å². The molecular formula is C14H17NO3S. The molecule has 0 aliphatic rings. The predicted octanol–water partition coefficient (Wildman–Crippen LogP) is 2.03. The molecule has 0 aromatic heterocycles. The average molecular weight is 279 g/mol. The van der Waals surface area contributed by atoms with E-state index in [1.165, 1.54) is 0 Å². The molecule has 0 bridgehead atoms. The fraction of sp³-hybridized carbons (Fsp3) is 0.286. The topological polar surface area (TPSA) is 66.4 Å². The fourth-order valence-corrected chi connectivity index (χ4v) is 2.55. The molecule has 0 saturated heterocycles. The SMILES string of the molecule is CS(=O)(=O)NCCCc1ccc2ccccc2c1O. The minimum absolute atomic E-state index is 0.289. The summed E-state index contributed by atoms with van der Waals surface area (Å²) in [6.07, 6.45) is 2.43. The third-order valence-corrected chi connectivity index (χ3v) is 3.70. The number of nitrogens with one attached hydrogen (secondary N) is 1. The Hall–Kier alpha value is -1.59. The minimum Gasteiger partial charge on any atom is -0.507 e. The first kappa shape index (κ1) is 13.8. The van der Waals surface area contributed by atoms with E-state index in [4.69, 9.17) is 0 Å². The number of sulfonamides is 1. The van der Waals surface area contributed by atoms with E-state index in [9.17, 15) is 13.5 Å². The average Bonchev–Trinajstić information content (AvgIpc) is 2.36. The van der Waals surface area contributed by atoms with Gasteiger partial charge >= 0.3 is 0 Å². The number of phenolic OH excluding ortho intramolecular Hbond substituents is 1. The van der Waals surface area contributed by atoms with Crippen LogP contribution in [0, 0.1) is 0 Å². The van der Waals surface area contributed by atoms with Gasteiger partial charge in [0.25, 0.3) is 0 Å². The summed E-state index contributed by atoms with van der Waals surface area (Å²) in [6.45, 7) is 0.380. The van der Waals surface area contributed by atoms with Crippen molar-refractivity contribution in [3.63, 3.8) is 0 Å². The largest absolute Gasteiger partial charge is 0.507 e. The van der Waals surface area contributed by atoms with E-state index in [0.29, 0.717) is 19.4 Å². The molecule has 2 N–H and O–H groups in total. The Morgan fingerprint density at radius 1 is 1.16 bits per heavy atom. The van der Waals surface area contributed by atoms with Gasteiger partial charge in [0.15, 0.2) is 0 Å². The van der Waals surface area contributed by atoms with Crippen LogP contribution >= 0.6 is 0 Å². The number of fused-ring (bicyclic) bond motifs is 1. The van der Waals surface area contributed by atoms with Gasteiger partial charge in [0.2, 0.25) is 10.0 Å². The number of hydrogen-bond donors (Lipinski definition) is 2. The molecule has 0 spiro atoms. The van der Waals surface area contributed by atoms with Crippen LogP contribution in [-0.4, -0.2) is 26.3 Å². The molecule has 0 unspecified atom stereocenters. The van der Waals surface area contributed by atoms with E-state index in [1.807, 2.05) is 36.4 Å². The van der Waals surface area contributed by atoms with E-state index in [1.54, 1.807) is 0 Å². The first-order valence-corrected chi connectivity index (χ1v) is 8.01. The van der Waals surface area contributed by atoms with Crippen molar-refractivity contribution < 1.29 is 13.5 Å². The van der Waals surface area contributed by atoms with Gasteiger partial charge in [-0.2, -0.15) is 0 Å². The number of hydrogen-bond acceptors (Lipinski definition) is 3. The summed E-state index contributed by atoms with van der Waals surface area (Å²) < 4.78 is 24.3. The van der Waals surface area contributed by atoms with Crippen LogP contribution in [0.2, 0.25) is 0 Å². The lowest BCUT2D eigenvalue weighted by Gasteiger charge is -2.08. The second kappa shape index (κ2) is 5.59. The Balaban J connectivity index is 2.07. The minimum atomic E-state index is -3.14. The molecule has 0 amide bonds. The zero-order valence-corrected chi connectivity index (χ0v) is 11.6. The maximum atomic E-state index is 10.9. The monoisotopic (exact) mass is 279 g/mol. The van der Waals surface area contributed by atoms with Crippen molar-refractivity contribution in [1.82, 2.24) is 4.72 Å². The molecule has 102 valence electrons. The highest BCUT2D eigenvalue weighted by atomic mass is 32.2. The van der Waals surface area contributed by atoms with Crippen LogP contribution in [0.4, 0.5) is 0 Å². The number of phenols is 1. The summed E-state index contributed by atoms with van der Waals surface area (Å²) in [4.78, 5) is 0. The number of aromatic hydroxyl groups is 1. The molecule has 0 aliphatic carbocycles. The van der Waals surface area contributed by atoms with Gasteiger partial charge in [0.05, 0.1) is 6.26 Å². The van der Waals surface area contributed by atoms with Crippen LogP contribution in [0.3, 0.4) is 0 Å². The summed E-state index contributed by atoms with van der Waals surface area (Å²) in [5.74, 6) is 0.289. The first-order valence-electron chi connectivity index (χ1n) is 6.11. The van der Waals surface area contributed by atoms with Crippen LogP contribution in [0.25, 0.3) is 10.8 Å². The van der Waals surface area contributed by atoms with Crippen LogP contribution in [0.15, 0.2) is 36.4 Å². The van der Waals surface area contributed by atoms with Crippen molar-refractivity contribution in [3.8, 4) is 5.75 Å². The van der Waals surface area contributed by atoms with E-state index in [0.717, 1.165) is 22.6 Å². The zero-order valence-electron chi connectivity index (χ0n) is 10.8. The van der Waals surface area contributed by atoms with Gasteiger partial charge in [0, 0.05) is 11.9 Å². The van der Waals surface area contributed by atoms with Gasteiger partial charge in [-0.05, 0) is 23.8 Å². The highest BCUT2D eigenvalue weighted by Crippen LogP contribution is 2.29. The molecule has 0 radical (unpaired) electrons. The molecule has 0 saturated carbocycles. The number of aryl methyl sites for hydroxylation is 1. The molecule has 19 heavy (non-hydrogen) atoms. The summed E-state index contributed by atoms with van der Waals surface area (Å²) in [5.41, 5.74) is 0.842. The van der Waals surface area contributed by atoms with E-state index in [-0.39, 0.29) is 5.75 Å². The summed E-state index contributed by atoms with van der Waals surface area (Å²) in [5, 5.41) is 12.0. The number of rotatable bonds is 5. The normalized spacial score (nSPS) is 11.8. The van der Waals surface area contributed by atoms with Gasteiger partial charge in [-0.15, -0.1) is 0 Å². The Kier molecular flexibility index (Phi) is 4.07. The lowest BCUT2D eigenvalue weighted by Crippen LogP contribution is -2.23. The molecule has 4 nitrogen and oxygen atoms in total. The Morgan fingerprint density at radius 2 is 1.89 bits per heavy atom. The van der Waals surface area contributed by atoms with E-state index < -0.39 is 10.0 Å². The lowest BCUT2D eigenvalue weighted by atomic mass is 10.0. The molecule has 2 aromatic carbocycles. The van der Waals surface area contributed by atoms with Crippen molar-refractivity contribution >= 4 is 20.8 Å². The van der Waals surface area contributed by atoms with E-state index >= 15 is 0 Å². The first-order chi connectivity index (χ1) is 8.97. The molecule has 2 aromatic rings. The Morgan fingerprint density at radius 3 is 2.63 bits per heavy atom. The molecule has 2 rings (SSSR count). The van der Waals surface area contributed by atoms with Crippen LogP contribution in [-0.2, 0) is 16.4 Å². The predicted molar refractivity (Wildman–Crippen MR) is 76.8 cm³/mol. The Labute approximate surface area is 113 Å². The maximum absolute atomic E-state index is 10.9. The summed E-state index contributed by atoms with van der Waals surface area (Å²) >= 11 is 0. The van der Waals surface area contributed by atoms with Gasteiger partial charge < -0.3 is 5.11 Å². The molecule has 5 heteroatoms.